The largest absolute Gasteiger partial charge is 0.382 e. The Morgan fingerprint density at radius 1 is 1.04 bits per heavy atom. The number of anilines is 1. The summed E-state index contributed by atoms with van der Waals surface area (Å²) in [6.45, 7) is 2.13. The zero-order valence-electron chi connectivity index (χ0n) is 15.7. The number of benzene rings is 1. The van der Waals surface area contributed by atoms with Crippen molar-refractivity contribution >= 4 is 17.0 Å². The number of nitrogen functional groups attached to an aromatic ring is 1. The Labute approximate surface area is 162 Å². The Morgan fingerprint density at radius 2 is 1.86 bits per heavy atom. The Balaban J connectivity index is 1.46. The molecular weight excluding hydrogens is 352 g/mol. The van der Waals surface area contributed by atoms with Crippen LogP contribution < -0.4 is 11.4 Å². The van der Waals surface area contributed by atoms with Crippen molar-refractivity contribution in [3.05, 3.63) is 81.8 Å². The molecule has 0 spiro atoms. The van der Waals surface area contributed by atoms with E-state index >= 15 is 0 Å². The van der Waals surface area contributed by atoms with Crippen LogP contribution in [0.2, 0.25) is 0 Å². The van der Waals surface area contributed by atoms with Crippen molar-refractivity contribution in [1.82, 2.24) is 24.5 Å². The lowest BCUT2D eigenvalue weighted by Crippen LogP contribution is -2.18. The minimum Gasteiger partial charge on any atom is -0.382 e. The van der Waals surface area contributed by atoms with Crippen LogP contribution >= 0.6 is 0 Å². The van der Waals surface area contributed by atoms with Crippen LogP contribution in [0.4, 0.5) is 5.82 Å². The number of aryl methyl sites for hydroxylation is 3. The van der Waals surface area contributed by atoms with E-state index in [-0.39, 0.29) is 11.5 Å². The fourth-order valence-corrected chi connectivity index (χ4v) is 3.31. The molecule has 7 nitrogen and oxygen atoms in total. The molecule has 3 heterocycles. The van der Waals surface area contributed by atoms with Gasteiger partial charge >= 0.3 is 5.69 Å². The first-order valence-corrected chi connectivity index (χ1v) is 9.30. The summed E-state index contributed by atoms with van der Waals surface area (Å²) >= 11 is 0. The molecule has 0 aliphatic carbocycles. The number of imidazole rings is 1. The molecule has 142 valence electrons. The van der Waals surface area contributed by atoms with Crippen molar-refractivity contribution in [1.29, 1.82) is 0 Å². The second-order valence-corrected chi connectivity index (χ2v) is 6.87. The van der Waals surface area contributed by atoms with Crippen LogP contribution in [0.5, 0.6) is 0 Å². The van der Waals surface area contributed by atoms with Crippen molar-refractivity contribution in [2.24, 2.45) is 0 Å². The van der Waals surface area contributed by atoms with Crippen LogP contribution in [-0.4, -0.2) is 24.5 Å². The van der Waals surface area contributed by atoms with E-state index in [0.717, 1.165) is 30.5 Å². The molecule has 1 aromatic carbocycles. The number of fused-ring (bicyclic) bond motifs is 1. The monoisotopic (exact) mass is 374 g/mol. The normalized spacial score (nSPS) is 11.2. The second kappa shape index (κ2) is 7.64. The van der Waals surface area contributed by atoms with E-state index in [4.69, 9.17) is 5.73 Å². The summed E-state index contributed by atoms with van der Waals surface area (Å²) in [4.78, 5) is 28.1. The average Bonchev–Trinajstić information content (AvgIpc) is 3.00. The minimum absolute atomic E-state index is 0.256. The number of aromatic amines is 1. The Bertz CT molecular complexity index is 1150. The SMILES string of the molecule is Cc1nc(N)c2[nH]c(=O)n(Cc3ccc(CCCc4ccccc4)nc3)c2n1. The van der Waals surface area contributed by atoms with Gasteiger partial charge in [0.1, 0.15) is 11.3 Å². The quantitative estimate of drug-likeness (QED) is 0.540. The molecule has 3 N–H and O–H groups in total. The maximum absolute atomic E-state index is 12.3. The first-order valence-electron chi connectivity index (χ1n) is 9.30. The van der Waals surface area contributed by atoms with Gasteiger partial charge in [0.25, 0.3) is 0 Å². The van der Waals surface area contributed by atoms with Crippen molar-refractivity contribution in [3.8, 4) is 0 Å². The summed E-state index contributed by atoms with van der Waals surface area (Å²) in [7, 11) is 0. The summed E-state index contributed by atoms with van der Waals surface area (Å²) in [5.41, 5.74) is 9.95. The van der Waals surface area contributed by atoms with E-state index in [0.29, 0.717) is 23.5 Å². The van der Waals surface area contributed by atoms with Crippen LogP contribution in [0.1, 0.15) is 29.1 Å². The molecule has 0 bridgehead atoms. The predicted molar refractivity (Wildman–Crippen MR) is 109 cm³/mol. The smallest absolute Gasteiger partial charge is 0.328 e. The first kappa shape index (κ1) is 17.9. The molecule has 0 atom stereocenters. The number of aromatic nitrogens is 5. The second-order valence-electron chi connectivity index (χ2n) is 6.87. The summed E-state index contributed by atoms with van der Waals surface area (Å²) in [5.74, 6) is 0.815. The van der Waals surface area contributed by atoms with Crippen LogP contribution in [-0.2, 0) is 19.4 Å². The molecule has 3 aromatic heterocycles. The van der Waals surface area contributed by atoms with Crippen LogP contribution in [0, 0.1) is 6.92 Å². The van der Waals surface area contributed by atoms with Crippen LogP contribution in [0.25, 0.3) is 11.2 Å². The zero-order chi connectivity index (χ0) is 19.5. The number of nitrogens with zero attached hydrogens (tertiary/aromatic N) is 4. The molecule has 7 heteroatoms. The molecule has 4 rings (SSSR count). The Morgan fingerprint density at radius 3 is 2.61 bits per heavy atom. The first-order chi connectivity index (χ1) is 13.6. The van der Waals surface area contributed by atoms with E-state index in [1.165, 1.54) is 5.56 Å². The number of hydrogen-bond donors (Lipinski definition) is 2. The summed E-state index contributed by atoms with van der Waals surface area (Å²) in [6, 6.07) is 14.5. The van der Waals surface area contributed by atoms with E-state index in [1.807, 2.05) is 24.4 Å². The molecule has 0 saturated heterocycles. The van der Waals surface area contributed by atoms with E-state index in [1.54, 1.807) is 11.5 Å². The van der Waals surface area contributed by atoms with Gasteiger partial charge in [-0.1, -0.05) is 36.4 Å². The van der Waals surface area contributed by atoms with E-state index < -0.39 is 0 Å². The molecule has 0 amide bonds. The molecule has 0 saturated carbocycles. The van der Waals surface area contributed by atoms with E-state index in [2.05, 4.69) is 44.2 Å². The van der Waals surface area contributed by atoms with Gasteiger partial charge < -0.3 is 10.7 Å². The highest BCUT2D eigenvalue weighted by Crippen LogP contribution is 2.15. The van der Waals surface area contributed by atoms with Gasteiger partial charge in [-0.3, -0.25) is 9.55 Å². The molecule has 4 aromatic rings. The third-order valence-corrected chi connectivity index (χ3v) is 4.73. The number of rotatable bonds is 6. The van der Waals surface area contributed by atoms with E-state index in [9.17, 15) is 4.79 Å². The fraction of sp³-hybridized carbons (Fsp3) is 0.238. The molecule has 0 aliphatic heterocycles. The lowest BCUT2D eigenvalue weighted by atomic mass is 10.1. The van der Waals surface area contributed by atoms with Crippen LogP contribution in [0.3, 0.4) is 0 Å². The van der Waals surface area contributed by atoms with Gasteiger partial charge in [-0.2, -0.15) is 0 Å². The van der Waals surface area contributed by atoms with Gasteiger partial charge in [-0.05, 0) is 43.4 Å². The van der Waals surface area contributed by atoms with Gasteiger partial charge in [0.05, 0.1) is 6.54 Å². The molecule has 0 fully saturated rings. The highest BCUT2D eigenvalue weighted by molar-refractivity contribution is 5.81. The Hall–Kier alpha value is -3.48. The highest BCUT2D eigenvalue weighted by atomic mass is 16.1. The molecular formula is C21H22N6O. The number of pyridine rings is 1. The lowest BCUT2D eigenvalue weighted by molar-refractivity contribution is 0.763. The topological polar surface area (TPSA) is 102 Å². The third-order valence-electron chi connectivity index (χ3n) is 4.73. The minimum atomic E-state index is -0.256. The standard InChI is InChI=1S/C21H22N6O/c1-14-24-19(22)18-20(25-14)27(21(28)26-18)13-16-10-11-17(23-12-16)9-5-8-15-6-3-2-4-7-15/h2-4,6-7,10-12H,5,8-9,13H2,1H3,(H,26,28)(H2,22,24,25). The number of nitrogens with one attached hydrogen (secondary N) is 1. The van der Waals surface area contributed by atoms with Gasteiger partial charge in [0.15, 0.2) is 11.5 Å². The maximum Gasteiger partial charge on any atom is 0.328 e. The molecule has 0 radical (unpaired) electrons. The molecule has 28 heavy (non-hydrogen) atoms. The van der Waals surface area contributed by atoms with Crippen molar-refractivity contribution in [2.75, 3.05) is 5.73 Å². The number of hydrogen-bond acceptors (Lipinski definition) is 5. The van der Waals surface area contributed by atoms with Crippen molar-refractivity contribution < 1.29 is 0 Å². The van der Waals surface area contributed by atoms with Gasteiger partial charge in [0.2, 0.25) is 0 Å². The lowest BCUT2D eigenvalue weighted by Gasteiger charge is -2.06. The number of nitrogens with two attached hydrogens (primary N) is 1. The third kappa shape index (κ3) is 3.78. The van der Waals surface area contributed by atoms with Gasteiger partial charge in [-0.25, -0.2) is 14.8 Å². The fourth-order valence-electron chi connectivity index (χ4n) is 3.31. The summed E-state index contributed by atoms with van der Waals surface area (Å²) in [5, 5.41) is 0. The van der Waals surface area contributed by atoms with Crippen molar-refractivity contribution in [3.63, 3.8) is 0 Å². The molecule has 0 unspecified atom stereocenters. The average molecular weight is 374 g/mol. The summed E-state index contributed by atoms with van der Waals surface area (Å²) < 4.78 is 1.56. The van der Waals surface area contributed by atoms with Crippen molar-refractivity contribution in [2.45, 2.75) is 32.7 Å². The number of H-pyrrole nitrogens is 1. The summed E-state index contributed by atoms with van der Waals surface area (Å²) in [6.07, 6.45) is 4.83. The molecule has 0 aliphatic rings. The highest BCUT2D eigenvalue weighted by Gasteiger charge is 2.13. The van der Waals surface area contributed by atoms with Gasteiger partial charge in [0, 0.05) is 11.9 Å². The van der Waals surface area contributed by atoms with Gasteiger partial charge in [-0.15, -0.1) is 0 Å². The van der Waals surface area contributed by atoms with Crippen LogP contribution in [0.15, 0.2) is 53.5 Å². The zero-order valence-corrected chi connectivity index (χ0v) is 15.7. The Kier molecular flexibility index (Phi) is 4.89. The predicted octanol–water partition coefficient (Wildman–Crippen LogP) is 2.63. The maximum atomic E-state index is 12.3.